The zero-order valence-corrected chi connectivity index (χ0v) is 9.43. The molecule has 2 atom stereocenters. The third kappa shape index (κ3) is 2.72. The van der Waals surface area contributed by atoms with Gasteiger partial charge in [-0.05, 0) is 24.5 Å². The molecule has 2 nitrogen and oxygen atoms in total. The van der Waals surface area contributed by atoms with Gasteiger partial charge in [0.05, 0.1) is 0 Å². The van der Waals surface area contributed by atoms with Crippen molar-refractivity contribution in [3.63, 3.8) is 0 Å². The maximum atomic E-state index is 10.8. The molecule has 16 heavy (non-hydrogen) atoms. The molecule has 0 saturated carbocycles. The van der Waals surface area contributed by atoms with Crippen LogP contribution in [0.15, 0.2) is 42.5 Å². The molecule has 0 unspecified atom stereocenters. The van der Waals surface area contributed by atoms with Crippen molar-refractivity contribution >= 4 is 5.97 Å². The SMILES string of the molecule is CC(=O)O[C@H]1C=C[C@H](c2ccccc2)CC1. The molecule has 0 fully saturated rings. The van der Waals surface area contributed by atoms with E-state index in [0.717, 1.165) is 12.8 Å². The van der Waals surface area contributed by atoms with Gasteiger partial charge in [0.1, 0.15) is 6.10 Å². The van der Waals surface area contributed by atoms with Gasteiger partial charge in [0.25, 0.3) is 0 Å². The van der Waals surface area contributed by atoms with Crippen LogP contribution in [0, 0.1) is 0 Å². The Morgan fingerprint density at radius 2 is 1.94 bits per heavy atom. The van der Waals surface area contributed by atoms with Crippen LogP contribution in [0.4, 0.5) is 0 Å². The van der Waals surface area contributed by atoms with Gasteiger partial charge >= 0.3 is 5.97 Å². The molecular formula is C14H16O2. The van der Waals surface area contributed by atoms with Crippen LogP contribution in [0.2, 0.25) is 0 Å². The minimum Gasteiger partial charge on any atom is -0.458 e. The topological polar surface area (TPSA) is 26.3 Å². The Morgan fingerprint density at radius 1 is 1.19 bits per heavy atom. The standard InChI is InChI=1S/C14H16O2/c1-11(15)16-14-9-7-13(8-10-14)12-5-3-2-4-6-12/h2-7,9,13-14H,8,10H2,1H3/t13-,14-/m0/s1. The summed E-state index contributed by atoms with van der Waals surface area (Å²) >= 11 is 0. The number of hydrogen-bond donors (Lipinski definition) is 0. The molecule has 84 valence electrons. The van der Waals surface area contributed by atoms with Crippen molar-refractivity contribution in [1.29, 1.82) is 0 Å². The van der Waals surface area contributed by atoms with Gasteiger partial charge in [0.2, 0.25) is 0 Å². The number of carbonyl (C=O) groups is 1. The van der Waals surface area contributed by atoms with Crippen LogP contribution in [0.25, 0.3) is 0 Å². The highest BCUT2D eigenvalue weighted by molar-refractivity contribution is 5.66. The summed E-state index contributed by atoms with van der Waals surface area (Å²) in [5, 5.41) is 0. The van der Waals surface area contributed by atoms with E-state index in [-0.39, 0.29) is 12.1 Å². The van der Waals surface area contributed by atoms with Crippen LogP contribution < -0.4 is 0 Å². The second kappa shape index (κ2) is 4.97. The van der Waals surface area contributed by atoms with E-state index < -0.39 is 0 Å². The summed E-state index contributed by atoms with van der Waals surface area (Å²) < 4.78 is 5.15. The fraction of sp³-hybridized carbons (Fsp3) is 0.357. The second-order valence-corrected chi connectivity index (χ2v) is 4.13. The smallest absolute Gasteiger partial charge is 0.303 e. The normalized spacial score (nSPS) is 24.1. The fourth-order valence-electron chi connectivity index (χ4n) is 2.08. The summed E-state index contributed by atoms with van der Waals surface area (Å²) in [6, 6.07) is 10.4. The molecule has 1 aromatic carbocycles. The number of benzene rings is 1. The van der Waals surface area contributed by atoms with E-state index in [1.54, 1.807) is 0 Å². The predicted molar refractivity (Wildman–Crippen MR) is 63.1 cm³/mol. The first kappa shape index (κ1) is 10.9. The van der Waals surface area contributed by atoms with Gasteiger partial charge < -0.3 is 4.74 Å². The Morgan fingerprint density at radius 3 is 2.50 bits per heavy atom. The van der Waals surface area contributed by atoms with E-state index in [0.29, 0.717) is 5.92 Å². The molecule has 0 heterocycles. The average Bonchev–Trinajstić information content (AvgIpc) is 2.30. The van der Waals surface area contributed by atoms with E-state index in [1.807, 2.05) is 12.1 Å². The van der Waals surface area contributed by atoms with Crippen molar-refractivity contribution in [3.05, 3.63) is 48.0 Å². The summed E-state index contributed by atoms with van der Waals surface area (Å²) in [6.45, 7) is 1.46. The van der Waals surface area contributed by atoms with E-state index in [1.165, 1.54) is 12.5 Å². The van der Waals surface area contributed by atoms with Crippen molar-refractivity contribution < 1.29 is 9.53 Å². The van der Waals surface area contributed by atoms with Gasteiger partial charge in [-0.1, -0.05) is 36.4 Å². The van der Waals surface area contributed by atoms with Gasteiger partial charge in [0.15, 0.2) is 0 Å². The van der Waals surface area contributed by atoms with E-state index in [4.69, 9.17) is 4.74 Å². The molecule has 1 aliphatic carbocycles. The molecule has 0 amide bonds. The van der Waals surface area contributed by atoms with Crippen molar-refractivity contribution in [3.8, 4) is 0 Å². The first-order valence-corrected chi connectivity index (χ1v) is 5.66. The molecule has 0 spiro atoms. The molecule has 0 radical (unpaired) electrons. The van der Waals surface area contributed by atoms with Crippen LogP contribution in [0.5, 0.6) is 0 Å². The first-order valence-electron chi connectivity index (χ1n) is 5.66. The Labute approximate surface area is 95.9 Å². The third-order valence-electron chi connectivity index (χ3n) is 2.87. The quantitative estimate of drug-likeness (QED) is 0.561. The zero-order chi connectivity index (χ0) is 11.4. The number of allylic oxidation sites excluding steroid dienone is 1. The highest BCUT2D eigenvalue weighted by Crippen LogP contribution is 2.28. The molecule has 0 bridgehead atoms. The monoisotopic (exact) mass is 216 g/mol. The molecule has 2 rings (SSSR count). The maximum Gasteiger partial charge on any atom is 0.303 e. The lowest BCUT2D eigenvalue weighted by Gasteiger charge is -2.22. The van der Waals surface area contributed by atoms with Crippen molar-refractivity contribution in [2.45, 2.75) is 31.8 Å². The Balaban J connectivity index is 2.00. The molecule has 1 aliphatic rings. The lowest BCUT2D eigenvalue weighted by Crippen LogP contribution is -2.18. The number of carbonyl (C=O) groups excluding carboxylic acids is 1. The van der Waals surface area contributed by atoms with Crippen molar-refractivity contribution in [1.82, 2.24) is 0 Å². The number of ether oxygens (including phenoxy) is 1. The van der Waals surface area contributed by atoms with Crippen LogP contribution >= 0.6 is 0 Å². The van der Waals surface area contributed by atoms with Gasteiger partial charge in [-0.2, -0.15) is 0 Å². The van der Waals surface area contributed by atoms with Gasteiger partial charge in [-0.3, -0.25) is 4.79 Å². The van der Waals surface area contributed by atoms with E-state index in [2.05, 4.69) is 30.3 Å². The molecule has 1 aromatic rings. The second-order valence-electron chi connectivity index (χ2n) is 4.13. The van der Waals surface area contributed by atoms with Crippen LogP contribution in [0.3, 0.4) is 0 Å². The molecule has 0 aliphatic heterocycles. The fourth-order valence-corrected chi connectivity index (χ4v) is 2.08. The minimum atomic E-state index is -0.201. The minimum absolute atomic E-state index is 0.0301. The van der Waals surface area contributed by atoms with Gasteiger partial charge in [-0.15, -0.1) is 0 Å². The van der Waals surface area contributed by atoms with Crippen molar-refractivity contribution in [2.75, 3.05) is 0 Å². The Kier molecular flexibility index (Phi) is 3.40. The lowest BCUT2D eigenvalue weighted by molar-refractivity contribution is -0.144. The maximum absolute atomic E-state index is 10.8. The van der Waals surface area contributed by atoms with Crippen LogP contribution in [0.1, 0.15) is 31.2 Å². The average molecular weight is 216 g/mol. The predicted octanol–water partition coefficient (Wildman–Crippen LogP) is 3.05. The molecule has 0 N–H and O–H groups in total. The van der Waals surface area contributed by atoms with Crippen molar-refractivity contribution in [2.24, 2.45) is 0 Å². The number of rotatable bonds is 2. The van der Waals surface area contributed by atoms with Gasteiger partial charge in [0, 0.05) is 12.8 Å². The first-order chi connectivity index (χ1) is 7.75. The van der Waals surface area contributed by atoms with Crippen LogP contribution in [-0.4, -0.2) is 12.1 Å². The summed E-state index contributed by atoms with van der Waals surface area (Å²) in [5.41, 5.74) is 1.33. The summed E-state index contributed by atoms with van der Waals surface area (Å²) in [6.07, 6.45) is 6.07. The zero-order valence-electron chi connectivity index (χ0n) is 9.43. The summed E-state index contributed by atoms with van der Waals surface area (Å²) in [5.74, 6) is 0.265. The molecule has 0 saturated heterocycles. The highest BCUT2D eigenvalue weighted by atomic mass is 16.5. The Hall–Kier alpha value is -1.57. The summed E-state index contributed by atoms with van der Waals surface area (Å²) in [7, 11) is 0. The number of esters is 1. The molecule has 0 aromatic heterocycles. The Bertz CT molecular complexity index is 381. The highest BCUT2D eigenvalue weighted by Gasteiger charge is 2.18. The van der Waals surface area contributed by atoms with E-state index in [9.17, 15) is 4.79 Å². The molecular weight excluding hydrogens is 200 g/mol. The molecule has 2 heteroatoms. The summed E-state index contributed by atoms with van der Waals surface area (Å²) in [4.78, 5) is 10.8. The lowest BCUT2D eigenvalue weighted by atomic mass is 9.88. The van der Waals surface area contributed by atoms with Gasteiger partial charge in [-0.25, -0.2) is 0 Å². The third-order valence-corrected chi connectivity index (χ3v) is 2.87. The number of hydrogen-bond acceptors (Lipinski definition) is 2. The van der Waals surface area contributed by atoms with E-state index >= 15 is 0 Å². The van der Waals surface area contributed by atoms with Crippen LogP contribution in [-0.2, 0) is 9.53 Å². The largest absolute Gasteiger partial charge is 0.458 e.